The van der Waals surface area contributed by atoms with E-state index in [4.69, 9.17) is 0 Å². The zero-order valence-electron chi connectivity index (χ0n) is 18.3. The van der Waals surface area contributed by atoms with Crippen LogP contribution in [0.15, 0.2) is 120 Å². The first-order chi connectivity index (χ1) is 16.7. The van der Waals surface area contributed by atoms with Crippen molar-refractivity contribution in [2.24, 2.45) is 0 Å². The van der Waals surface area contributed by atoms with Crippen LogP contribution in [0.1, 0.15) is 28.2 Å². The fraction of sp³-hybridized carbons (Fsp3) is 0.0645. The van der Waals surface area contributed by atoms with E-state index in [0.29, 0.717) is 0 Å². The van der Waals surface area contributed by atoms with E-state index >= 15 is 0 Å². The van der Waals surface area contributed by atoms with Gasteiger partial charge in [0, 0.05) is 26.7 Å². The first-order valence-electron chi connectivity index (χ1n) is 11.5. The summed E-state index contributed by atoms with van der Waals surface area (Å²) in [4.78, 5) is 0. The Bertz CT molecular complexity index is 1580. The van der Waals surface area contributed by atoms with Gasteiger partial charge in [-0.25, -0.2) is 0 Å². The zero-order chi connectivity index (χ0) is 22.9. The van der Waals surface area contributed by atoms with Gasteiger partial charge in [0.05, 0.1) is 5.92 Å². The number of hydrogen-bond acceptors (Lipinski definition) is 1. The van der Waals surface area contributed by atoms with Crippen LogP contribution in [-0.2, 0) is 5.60 Å². The van der Waals surface area contributed by atoms with Gasteiger partial charge in [-0.1, -0.05) is 94.8 Å². The molecule has 1 heterocycles. The standard InChI is InChI=1S/C31H21BrOP/c32-20-17-18-23-22-11-4-6-13-25(22)31(33,27(23)19-20)26-14-8-16-29-30(26)24-12-5-7-15-28(24)34(29)21-9-2-1-3-10-21/h1-19,24,33H/q+1. The van der Waals surface area contributed by atoms with Crippen LogP contribution >= 0.6 is 23.5 Å². The Morgan fingerprint density at radius 1 is 0.735 bits per heavy atom. The molecule has 0 spiro atoms. The highest BCUT2D eigenvalue weighted by molar-refractivity contribution is 9.10. The Labute approximate surface area is 208 Å². The van der Waals surface area contributed by atoms with Gasteiger partial charge < -0.3 is 5.11 Å². The van der Waals surface area contributed by atoms with Gasteiger partial charge >= 0.3 is 0 Å². The molecule has 3 aliphatic rings. The van der Waals surface area contributed by atoms with Crippen molar-refractivity contribution < 1.29 is 5.11 Å². The van der Waals surface area contributed by atoms with Gasteiger partial charge in [-0.3, -0.25) is 0 Å². The summed E-state index contributed by atoms with van der Waals surface area (Å²) in [6, 6.07) is 32.0. The Morgan fingerprint density at radius 2 is 1.50 bits per heavy atom. The van der Waals surface area contributed by atoms with Gasteiger partial charge in [-0.15, -0.1) is 0 Å². The smallest absolute Gasteiger partial charge is 0.174 e. The van der Waals surface area contributed by atoms with Crippen LogP contribution in [0.5, 0.6) is 0 Å². The molecule has 1 nitrogen and oxygen atoms in total. The second kappa shape index (κ2) is 7.48. The van der Waals surface area contributed by atoms with E-state index in [0.717, 1.165) is 32.3 Å². The highest BCUT2D eigenvalue weighted by Crippen LogP contribution is 2.55. The monoisotopic (exact) mass is 519 g/mol. The lowest BCUT2D eigenvalue weighted by molar-refractivity contribution is 0.130. The van der Waals surface area contributed by atoms with Crippen LogP contribution in [0.3, 0.4) is 0 Å². The van der Waals surface area contributed by atoms with Crippen molar-refractivity contribution in [3.05, 3.63) is 142 Å². The van der Waals surface area contributed by atoms with Gasteiger partial charge in [-0.05, 0) is 47.5 Å². The molecule has 0 amide bonds. The average molecular weight is 520 g/mol. The molecule has 7 rings (SSSR count). The molecule has 3 heteroatoms. The fourth-order valence-corrected chi connectivity index (χ4v) is 9.05. The predicted molar refractivity (Wildman–Crippen MR) is 147 cm³/mol. The minimum Gasteiger partial charge on any atom is -0.376 e. The SMILES string of the molecule is OC1(c2cccc3c2C2C=CC=CC2=[P+]3c2ccccc2)c2ccccc2-c2ccc(Br)cc21. The van der Waals surface area contributed by atoms with Crippen molar-refractivity contribution in [2.45, 2.75) is 11.5 Å². The molecule has 0 fully saturated rings. The highest BCUT2D eigenvalue weighted by atomic mass is 79.9. The van der Waals surface area contributed by atoms with E-state index in [1.165, 1.54) is 21.5 Å². The quantitative estimate of drug-likeness (QED) is 0.298. The van der Waals surface area contributed by atoms with Gasteiger partial charge in [-0.2, -0.15) is 0 Å². The average Bonchev–Trinajstić information content (AvgIpc) is 3.35. The third-order valence-corrected chi connectivity index (χ3v) is 10.4. The largest absolute Gasteiger partial charge is 0.376 e. The molecule has 3 atom stereocenters. The molecule has 2 aliphatic carbocycles. The lowest BCUT2D eigenvalue weighted by Gasteiger charge is -2.29. The van der Waals surface area contributed by atoms with Crippen molar-refractivity contribution in [3.63, 3.8) is 0 Å². The second-order valence-corrected chi connectivity index (χ2v) is 12.1. The van der Waals surface area contributed by atoms with Gasteiger partial charge in [0.25, 0.3) is 0 Å². The molecule has 1 N–H and O–H groups in total. The van der Waals surface area contributed by atoms with Crippen LogP contribution in [0.2, 0.25) is 0 Å². The molecule has 3 unspecified atom stereocenters. The molecule has 34 heavy (non-hydrogen) atoms. The van der Waals surface area contributed by atoms with Crippen molar-refractivity contribution in [3.8, 4) is 11.1 Å². The normalized spacial score (nSPS) is 22.4. The number of aliphatic hydroxyl groups is 1. The Hall–Kier alpha value is -3.03. The zero-order valence-corrected chi connectivity index (χ0v) is 20.8. The minimum atomic E-state index is -1.21. The number of benzene rings is 4. The second-order valence-electron chi connectivity index (χ2n) is 9.00. The van der Waals surface area contributed by atoms with E-state index in [-0.39, 0.29) is 5.92 Å². The maximum atomic E-state index is 12.7. The number of hydrogen-bond donors (Lipinski definition) is 1. The van der Waals surface area contributed by atoms with Crippen molar-refractivity contribution in [2.75, 3.05) is 0 Å². The summed E-state index contributed by atoms with van der Waals surface area (Å²) in [7, 11) is -0.649. The molecule has 1 aliphatic heterocycles. The maximum Gasteiger partial charge on any atom is 0.174 e. The van der Waals surface area contributed by atoms with Crippen LogP contribution < -0.4 is 10.6 Å². The van der Waals surface area contributed by atoms with Crippen LogP contribution in [0.4, 0.5) is 0 Å². The summed E-state index contributed by atoms with van der Waals surface area (Å²) in [5, 5.41) is 16.9. The highest BCUT2D eigenvalue weighted by Gasteiger charge is 2.50. The van der Waals surface area contributed by atoms with Gasteiger partial charge in [0.2, 0.25) is 0 Å². The van der Waals surface area contributed by atoms with E-state index in [9.17, 15) is 5.11 Å². The Balaban J connectivity index is 1.55. The lowest BCUT2D eigenvalue weighted by Crippen LogP contribution is -2.30. The number of rotatable bonds is 2. The molecule has 0 bridgehead atoms. The molecule has 4 aromatic carbocycles. The molecule has 0 saturated heterocycles. The number of allylic oxidation sites excluding steroid dienone is 4. The van der Waals surface area contributed by atoms with Gasteiger partial charge in [0.1, 0.15) is 10.9 Å². The van der Waals surface area contributed by atoms with Crippen LogP contribution in [0, 0.1) is 0 Å². The maximum absolute atomic E-state index is 12.7. The third-order valence-electron chi connectivity index (χ3n) is 7.28. The van der Waals surface area contributed by atoms with E-state index in [1.54, 1.807) is 0 Å². The Kier molecular flexibility index (Phi) is 4.48. The lowest BCUT2D eigenvalue weighted by atomic mass is 9.77. The fourth-order valence-electron chi connectivity index (χ4n) is 5.90. The number of halogens is 1. The summed E-state index contributed by atoms with van der Waals surface area (Å²) in [6.07, 6.45) is 8.90. The van der Waals surface area contributed by atoms with Crippen molar-refractivity contribution in [1.29, 1.82) is 0 Å². The van der Waals surface area contributed by atoms with E-state index in [2.05, 4.69) is 125 Å². The first-order valence-corrected chi connectivity index (χ1v) is 13.6. The summed E-state index contributed by atoms with van der Waals surface area (Å²) < 4.78 is 0.976. The van der Waals surface area contributed by atoms with Crippen molar-refractivity contribution >= 4 is 39.4 Å². The number of fused-ring (bicyclic) bond motifs is 6. The summed E-state index contributed by atoms with van der Waals surface area (Å²) >= 11 is 3.66. The summed E-state index contributed by atoms with van der Waals surface area (Å²) in [6.45, 7) is 0. The molecular formula is C31H21BrOP+. The topological polar surface area (TPSA) is 20.2 Å². The van der Waals surface area contributed by atoms with Crippen molar-refractivity contribution in [1.82, 2.24) is 0 Å². The molecule has 0 aromatic heterocycles. The van der Waals surface area contributed by atoms with Gasteiger partial charge in [0.15, 0.2) is 18.2 Å². The van der Waals surface area contributed by atoms with E-state index in [1.807, 2.05) is 6.07 Å². The Morgan fingerprint density at radius 3 is 2.38 bits per heavy atom. The first kappa shape index (κ1) is 20.4. The summed E-state index contributed by atoms with van der Waals surface area (Å²) in [5.41, 5.74) is 5.18. The molecule has 4 aromatic rings. The summed E-state index contributed by atoms with van der Waals surface area (Å²) in [5.74, 6) is 0.176. The van der Waals surface area contributed by atoms with Crippen LogP contribution in [-0.4, -0.2) is 10.4 Å². The predicted octanol–water partition coefficient (Wildman–Crippen LogP) is 6.54. The third kappa shape index (κ3) is 2.68. The molecule has 0 saturated carbocycles. The molecule has 0 radical (unpaired) electrons. The van der Waals surface area contributed by atoms with E-state index < -0.39 is 13.1 Å². The molecule has 162 valence electrons. The van der Waals surface area contributed by atoms with Crippen LogP contribution in [0.25, 0.3) is 11.1 Å². The molecular weight excluding hydrogens is 499 g/mol. The minimum absolute atomic E-state index is 0.176.